The number of nitrogens with two attached hydrogens (primary N) is 2. The van der Waals surface area contributed by atoms with E-state index in [1.54, 1.807) is 30.5 Å². The summed E-state index contributed by atoms with van der Waals surface area (Å²) in [6.45, 7) is 17.6. The topological polar surface area (TPSA) is 265 Å². The molecule has 25 heteroatoms. The van der Waals surface area contributed by atoms with Crippen LogP contribution in [0.2, 0.25) is 5.02 Å². The van der Waals surface area contributed by atoms with Crippen LogP contribution < -0.4 is 45.2 Å². The summed E-state index contributed by atoms with van der Waals surface area (Å²) in [6, 6.07) is 24.0. The van der Waals surface area contributed by atoms with Crippen molar-refractivity contribution in [2.24, 2.45) is 36.9 Å². The van der Waals surface area contributed by atoms with E-state index in [9.17, 15) is 22.2 Å². The molecule has 8 saturated carbocycles. The molecule has 8 aliphatic carbocycles. The molecule has 3 radical (unpaired) electrons. The first-order valence-corrected chi connectivity index (χ1v) is 43.4. The smallest absolute Gasteiger partial charge is 1.00 e. The number of Topliss-reactive ketones (excluding diaryl/α,β-unsaturated/α-hetero) is 1. The van der Waals surface area contributed by atoms with Crippen LogP contribution in [-0.2, 0) is 37.8 Å². The van der Waals surface area contributed by atoms with Crippen molar-refractivity contribution < 1.29 is 53.2 Å². The van der Waals surface area contributed by atoms with Gasteiger partial charge in [-0.2, -0.15) is 4.40 Å². The largest absolute Gasteiger partial charge is 1.00 e. The zero-order valence-corrected chi connectivity index (χ0v) is 73.8. The van der Waals surface area contributed by atoms with Crippen LogP contribution in [0.4, 0.5) is 0 Å². The number of fused-ring (bicyclic) bond motifs is 4. The number of carbonyl (C=O) groups excluding carboxylic acids is 2. The van der Waals surface area contributed by atoms with Gasteiger partial charge in [0.15, 0.2) is 0 Å². The third kappa shape index (κ3) is 22.7. The Morgan fingerprint density at radius 2 is 0.795 bits per heavy atom. The van der Waals surface area contributed by atoms with Gasteiger partial charge in [0.25, 0.3) is 5.24 Å². The van der Waals surface area contributed by atoms with Crippen LogP contribution in [0.5, 0.6) is 0 Å². The maximum Gasteiger partial charge on any atom is 1.00 e. The van der Waals surface area contributed by atoms with Gasteiger partial charge in [-0.15, -0.1) is 12.4 Å². The predicted molar refractivity (Wildman–Crippen MR) is 461 cm³/mol. The maximum atomic E-state index is 12.3. The second-order valence-corrected chi connectivity index (χ2v) is 42.0. The number of rotatable bonds is 8. The number of hydrogen-bond donors (Lipinski definition) is 3. The summed E-state index contributed by atoms with van der Waals surface area (Å²) in [6.07, 6.45) is 51.4. The normalized spacial score (nSPS) is 25.1. The number of aromatic nitrogens is 8. The van der Waals surface area contributed by atoms with Crippen molar-refractivity contribution in [2.45, 2.75) is 266 Å². The van der Waals surface area contributed by atoms with Crippen LogP contribution in [0, 0.1) is 21.7 Å². The Hall–Kier alpha value is -5.27. The number of hydrogen-bond acceptors (Lipinski definition) is 14. The molecule has 17 rings (SSSR count). The summed E-state index contributed by atoms with van der Waals surface area (Å²) in [5.41, 5.74) is 19.3. The van der Waals surface area contributed by atoms with Crippen LogP contribution in [0.1, 0.15) is 274 Å². The molecule has 3 unspecified atom stereocenters. The van der Waals surface area contributed by atoms with E-state index in [2.05, 4.69) is 73.3 Å². The molecule has 17 nitrogen and oxygen atoms in total. The minimum absolute atomic E-state index is 0. The fourth-order valence-electron chi connectivity index (χ4n) is 18.1. The Labute approximate surface area is 712 Å². The van der Waals surface area contributed by atoms with Gasteiger partial charge in [0.2, 0.25) is 0 Å². The molecule has 8 aromatic heterocycles. The van der Waals surface area contributed by atoms with Crippen molar-refractivity contribution in [2.75, 3.05) is 0 Å². The van der Waals surface area contributed by atoms with Crippen molar-refractivity contribution in [3.05, 3.63) is 180 Å². The van der Waals surface area contributed by atoms with Crippen molar-refractivity contribution >= 4 is 137 Å². The van der Waals surface area contributed by atoms with E-state index in [1.165, 1.54) is 172 Å². The van der Waals surface area contributed by atoms with Gasteiger partial charge >= 0.3 is 29.6 Å². The van der Waals surface area contributed by atoms with Crippen LogP contribution in [-0.4, -0.2) is 104 Å². The Morgan fingerprint density at radius 1 is 0.482 bits per heavy atom. The molecule has 1 aromatic carbocycles. The van der Waals surface area contributed by atoms with Crippen LogP contribution in [0.25, 0.3) is 43.6 Å². The van der Waals surface area contributed by atoms with E-state index >= 15 is 0 Å². The molecule has 0 amide bonds. The Kier molecular flexibility index (Phi) is 31.5. The van der Waals surface area contributed by atoms with Gasteiger partial charge in [-0.25, -0.2) is 17.3 Å². The van der Waals surface area contributed by atoms with E-state index in [4.69, 9.17) is 34.1 Å². The number of halogens is 3. The van der Waals surface area contributed by atoms with Crippen LogP contribution in [0.15, 0.2) is 152 Å². The maximum absolute atomic E-state index is 12.3. The van der Waals surface area contributed by atoms with Gasteiger partial charge in [0.05, 0.1) is 58.3 Å². The van der Waals surface area contributed by atoms with Gasteiger partial charge in [-0.1, -0.05) is 11.6 Å². The molecule has 3 atom stereocenters. The Balaban J connectivity index is 0.000000175. The summed E-state index contributed by atoms with van der Waals surface area (Å²) in [7, 11) is -3.25. The molecule has 8 fully saturated rings. The fourth-order valence-corrected chi connectivity index (χ4v) is 19.8. The van der Waals surface area contributed by atoms with Crippen molar-refractivity contribution in [1.82, 2.24) is 44.6 Å². The Morgan fingerprint density at radius 3 is 1.08 bits per heavy atom. The van der Waals surface area contributed by atoms with E-state index in [1.807, 2.05) is 155 Å². The molecule has 4 spiro atoms. The number of nitrogens with zero attached hydrogens (tertiary/aromatic N) is 9. The number of pyridine rings is 8. The minimum Gasteiger partial charge on any atom is -1.00 e. The summed E-state index contributed by atoms with van der Waals surface area (Å²) < 4.78 is 42.0. The standard InChI is InChI=1S/C21H29N3OS.C21H27N3OS.C17H21N3.C17H18N2O.C7H4Cl2O.C4H11NOS.B.ClH.Na.H/c2*1-20(2,3)26(25)24-16-12-21(13-16)8-4-15(5-9-21)17-6-11-23-19-7-10-22-14-18(17)19;18-13-9-17(10-13)5-1-12(2-6-17)14-3-8-20-16-4-7-19-11-15(14)16;20-13-9-17(10-13)5-1-12(2-6-17)14-3-8-19-16-4-7-18-11-15(14)16;8-6-3-1-5(2-4-6)7(9)10;1-4(2,3)7(5)6;;;;/h6-7,10-11,14-16,24H,4-5,8-9,12-13H2,1-3H3;6-7,10-11,14-15H,4-5,8-9,12-13H2,1-3H3;3-4,7-8,11-13H,1-2,5-6,9-10,18H2;3-4,7-8,11-12H,1-2,5-6,9-10H2;1-4H;5H2,1-3H3;;1H;;/q;;;;;;;;+1;-1. The first-order valence-electron chi connectivity index (χ1n) is 39.2. The fraction of sp³-hybridized carbons (Fsp3) is 0.529. The van der Waals surface area contributed by atoms with Crippen molar-refractivity contribution in [3.63, 3.8) is 0 Å². The van der Waals surface area contributed by atoms with Gasteiger partial charge in [-0.3, -0.25) is 54.6 Å². The van der Waals surface area contributed by atoms with E-state index in [0.29, 0.717) is 73.8 Å². The molecule has 8 heterocycles. The van der Waals surface area contributed by atoms with Crippen molar-refractivity contribution in [1.29, 1.82) is 0 Å². The van der Waals surface area contributed by atoms with Gasteiger partial charge < -0.3 is 7.16 Å². The van der Waals surface area contributed by atoms with E-state index < -0.39 is 38.2 Å². The minimum atomic E-state index is -1.18. The van der Waals surface area contributed by atoms with Gasteiger partial charge in [-0.05, 0) is 356 Å². The van der Waals surface area contributed by atoms with Crippen molar-refractivity contribution in [3.8, 4) is 0 Å². The first-order chi connectivity index (χ1) is 51.9. The molecular formula is C87H112BCl3N12NaO5S3. The van der Waals surface area contributed by atoms with Crippen LogP contribution >= 0.6 is 35.6 Å². The predicted octanol–water partition coefficient (Wildman–Crippen LogP) is 16.8. The monoisotopic (exact) mass is 1640 g/mol. The van der Waals surface area contributed by atoms with Gasteiger partial charge in [0.1, 0.15) is 16.8 Å². The number of nitrogens with one attached hydrogen (secondary N) is 1. The second-order valence-electron chi connectivity index (χ2n) is 35.5. The third-order valence-electron chi connectivity index (χ3n) is 24.5. The van der Waals surface area contributed by atoms with E-state index in [-0.39, 0.29) is 66.0 Å². The molecule has 5 N–H and O–H groups in total. The molecule has 112 heavy (non-hydrogen) atoms. The molecule has 0 bridgehead atoms. The molecule has 0 saturated heterocycles. The summed E-state index contributed by atoms with van der Waals surface area (Å²) in [4.78, 5) is 56.7. The molecule has 9 aromatic rings. The summed E-state index contributed by atoms with van der Waals surface area (Å²) >= 11 is 10.7. The average molecular weight is 1640 g/mol. The van der Waals surface area contributed by atoms with Gasteiger partial charge in [0, 0.05) is 146 Å². The zero-order valence-electron chi connectivity index (χ0n) is 68.0. The SMILES string of the molecule is CC(C)(C)S(=O)N=C1CC2(CCC(c3ccnc4ccncc34)CC2)C1.CC(C)(C)S(=O)NC1CC2(CCC(c3ccnc4ccncc34)CC2)C1.CC(C)(C)S(N)=O.Cl.NC1CC2(CCC(c3ccnc4ccncc34)CC2)C1.O=C(Cl)c1ccc(Cl)cc1.O=C1CC2(CCC(c3ccnc4ccncc34)CC2)C1.[B].[H-].[Na+]. The average Bonchev–Trinajstić information content (AvgIpc) is 0.768. The molecule has 0 aliphatic heterocycles. The summed E-state index contributed by atoms with van der Waals surface area (Å²) in [5.74, 6) is 2.95. The molecule has 593 valence electrons. The first kappa shape index (κ1) is 90.6. The molecule has 8 aliphatic rings. The second kappa shape index (κ2) is 38.9. The number of ketones is 1. The number of benzene rings is 1. The zero-order chi connectivity index (χ0) is 77.5. The summed E-state index contributed by atoms with van der Waals surface area (Å²) in [5, 5.41) is 10.0. The molecular weight excluding hydrogens is 1530 g/mol. The van der Waals surface area contributed by atoms with Crippen LogP contribution in [0.3, 0.4) is 0 Å². The Bertz CT molecular complexity index is 4750. The quantitative estimate of drug-likeness (QED) is 0.0944. The third-order valence-corrected chi connectivity index (χ3v) is 29.4. The van der Waals surface area contributed by atoms with E-state index in [0.717, 1.165) is 53.5 Å². The number of carbonyl (C=O) groups is 2.